The van der Waals surface area contributed by atoms with Gasteiger partial charge in [0.15, 0.2) is 0 Å². The average Bonchev–Trinajstić information content (AvgIpc) is 4.04. The standard InChI is InChI=1S/C54H56N6/c1-35-9-17-39(18-10-35)51-43-25-29-47(55-43)53(41-21-13-37(14-22-41)33-59(3,4)5)49-31-27-45(57-49)52(40-19-11-36(2)12-20-40)46-28-32-50(58-46)54(48-30-26-44(51)56-48)42-23-15-38(16-24-42)34-60(6,7)8/h9-32,55-58H,33-34H2,1-8H3/q+2. The zero-order valence-corrected chi connectivity index (χ0v) is 36.2. The molecule has 0 saturated heterocycles. The van der Waals surface area contributed by atoms with Crippen molar-refractivity contribution in [2.45, 2.75) is 26.9 Å². The van der Waals surface area contributed by atoms with E-state index in [0.717, 1.165) is 111 Å². The summed E-state index contributed by atoms with van der Waals surface area (Å²) in [5.74, 6) is 0. The Bertz CT molecular complexity index is 2860. The fourth-order valence-corrected chi connectivity index (χ4v) is 8.66. The number of hydrogen-bond donors (Lipinski definition) is 4. The number of aromatic amines is 4. The van der Waals surface area contributed by atoms with E-state index in [1.807, 2.05) is 0 Å². The number of aromatic nitrogens is 4. The molecular weight excluding hydrogens is 733 g/mol. The number of hydrogen-bond acceptors (Lipinski definition) is 0. The Morgan fingerprint density at radius 2 is 0.550 bits per heavy atom. The number of benzene rings is 4. The molecule has 4 aromatic heterocycles. The maximum atomic E-state index is 3.94. The summed E-state index contributed by atoms with van der Waals surface area (Å²) >= 11 is 0. The summed E-state index contributed by atoms with van der Waals surface area (Å²) in [5, 5.41) is 4.17. The molecule has 0 radical (unpaired) electrons. The van der Waals surface area contributed by atoms with Crippen LogP contribution in [0.2, 0.25) is 0 Å². The molecule has 4 N–H and O–H groups in total. The van der Waals surface area contributed by atoms with E-state index in [1.54, 1.807) is 0 Å². The van der Waals surface area contributed by atoms with Crippen molar-refractivity contribution in [1.82, 2.24) is 19.9 Å². The molecule has 0 unspecified atom stereocenters. The predicted octanol–water partition coefficient (Wildman–Crippen LogP) is 7.33. The van der Waals surface area contributed by atoms with Gasteiger partial charge < -0.3 is 28.9 Å². The van der Waals surface area contributed by atoms with Gasteiger partial charge in [-0.25, -0.2) is 0 Å². The molecule has 0 saturated carbocycles. The average molecular weight is 789 g/mol. The van der Waals surface area contributed by atoms with Crippen LogP contribution in [0.15, 0.2) is 146 Å². The zero-order valence-electron chi connectivity index (χ0n) is 36.2. The molecule has 6 nitrogen and oxygen atoms in total. The molecule has 300 valence electrons. The van der Waals surface area contributed by atoms with Crippen LogP contribution < -0.4 is 21.4 Å². The number of rotatable bonds is 8. The van der Waals surface area contributed by atoms with Crippen LogP contribution in [0, 0.1) is 13.8 Å². The van der Waals surface area contributed by atoms with Crippen molar-refractivity contribution in [2.75, 3.05) is 42.3 Å². The molecule has 5 heterocycles. The van der Waals surface area contributed by atoms with Crippen molar-refractivity contribution in [3.63, 3.8) is 0 Å². The maximum Gasteiger partial charge on any atom is 0.104 e. The van der Waals surface area contributed by atoms with Crippen LogP contribution in [0.3, 0.4) is 0 Å². The van der Waals surface area contributed by atoms with Crippen molar-refractivity contribution in [3.8, 4) is 0 Å². The fraction of sp³-hybridized carbons (Fsp3) is 0.185. The lowest BCUT2D eigenvalue weighted by atomic mass is 10.0. The number of quaternary nitrogens is 2. The lowest BCUT2D eigenvalue weighted by Crippen LogP contribution is -2.33. The van der Waals surface area contributed by atoms with E-state index in [1.165, 1.54) is 22.3 Å². The van der Waals surface area contributed by atoms with E-state index in [9.17, 15) is 0 Å². The first kappa shape index (κ1) is 38.9. The molecule has 8 aromatic rings. The van der Waals surface area contributed by atoms with E-state index in [0.29, 0.717) is 0 Å². The van der Waals surface area contributed by atoms with E-state index in [2.05, 4.69) is 222 Å². The summed E-state index contributed by atoms with van der Waals surface area (Å²) < 4.78 is 1.74. The lowest BCUT2D eigenvalue weighted by Gasteiger charge is -2.24. The Morgan fingerprint density at radius 3 is 0.800 bits per heavy atom. The third kappa shape index (κ3) is 8.04. The first-order chi connectivity index (χ1) is 28.7. The quantitative estimate of drug-likeness (QED) is 0.117. The van der Waals surface area contributed by atoms with Crippen molar-refractivity contribution in [1.29, 1.82) is 0 Å². The van der Waals surface area contributed by atoms with Gasteiger partial charge in [-0.2, -0.15) is 0 Å². The summed E-state index contributed by atoms with van der Waals surface area (Å²) in [7, 11) is 13.4. The highest BCUT2D eigenvalue weighted by atomic mass is 15.3. The Morgan fingerprint density at radius 1 is 0.300 bits per heavy atom. The second-order valence-electron chi connectivity index (χ2n) is 18.7. The first-order valence-corrected chi connectivity index (χ1v) is 21.0. The molecule has 0 amide bonds. The largest absolute Gasteiger partial charge is 0.354 e. The van der Waals surface area contributed by atoms with Gasteiger partial charge in [-0.05, 0) is 84.6 Å². The van der Waals surface area contributed by atoms with E-state index < -0.39 is 0 Å². The third-order valence-corrected chi connectivity index (χ3v) is 11.4. The zero-order chi connectivity index (χ0) is 41.8. The van der Waals surface area contributed by atoms with Crippen LogP contribution in [-0.2, 0) is 13.1 Å². The number of H-pyrrole nitrogens is 4. The summed E-state index contributed by atoms with van der Waals surface area (Å²) in [6.07, 6.45) is 0. The monoisotopic (exact) mass is 788 g/mol. The smallest absolute Gasteiger partial charge is 0.104 e. The van der Waals surface area contributed by atoms with Gasteiger partial charge in [0.05, 0.1) is 42.3 Å². The SMILES string of the molecule is Cc1ccc(C2=c3ccc([nH]3)=C(c3ccc(C[N+](C)(C)C)cc3)c3ccc([nH]3)C(c3ccc(C)cc3)=c3ccc([nH]3)=C(c3ccc(C[N+](C)(C)C)cc3)c3ccc2[nH]3)cc1. The molecule has 0 spiro atoms. The van der Waals surface area contributed by atoms with Crippen molar-refractivity contribution < 1.29 is 8.97 Å². The molecule has 6 heteroatoms. The molecule has 0 fully saturated rings. The number of nitrogens with one attached hydrogen (secondary N) is 4. The van der Waals surface area contributed by atoms with Crippen LogP contribution >= 0.6 is 0 Å². The summed E-state index contributed by atoms with van der Waals surface area (Å²) in [6.45, 7) is 6.19. The molecule has 1 aliphatic rings. The van der Waals surface area contributed by atoms with Gasteiger partial charge in [-0.3, -0.25) is 0 Å². The van der Waals surface area contributed by atoms with Gasteiger partial charge in [-0.1, -0.05) is 108 Å². The van der Waals surface area contributed by atoms with Gasteiger partial charge in [-0.15, -0.1) is 0 Å². The van der Waals surface area contributed by atoms with E-state index in [-0.39, 0.29) is 0 Å². The van der Waals surface area contributed by atoms with Crippen molar-refractivity contribution in [2.24, 2.45) is 0 Å². The van der Waals surface area contributed by atoms with Crippen LogP contribution in [-0.4, -0.2) is 71.2 Å². The van der Waals surface area contributed by atoms with Gasteiger partial charge in [0.1, 0.15) is 13.1 Å². The lowest BCUT2D eigenvalue weighted by molar-refractivity contribution is -0.884. The van der Waals surface area contributed by atoms with Gasteiger partial charge in [0.2, 0.25) is 0 Å². The highest BCUT2D eigenvalue weighted by Gasteiger charge is 2.19. The minimum Gasteiger partial charge on any atom is -0.354 e. The number of fused-ring (bicyclic) bond motifs is 8. The molecular formula is C54H56N6+2. The number of nitrogens with zero attached hydrogens (tertiary/aromatic N) is 2. The topological polar surface area (TPSA) is 63.2 Å². The first-order valence-electron chi connectivity index (χ1n) is 21.0. The van der Waals surface area contributed by atoms with Crippen LogP contribution in [0.5, 0.6) is 0 Å². The Labute approximate surface area is 353 Å². The summed E-state index contributed by atoms with van der Waals surface area (Å²) in [6, 6.07) is 53.8. The summed E-state index contributed by atoms with van der Waals surface area (Å²) in [5.41, 5.74) is 18.3. The molecule has 9 rings (SSSR count). The second-order valence-corrected chi connectivity index (χ2v) is 18.7. The molecule has 8 bridgehead atoms. The van der Waals surface area contributed by atoms with Gasteiger partial charge in [0.25, 0.3) is 0 Å². The molecule has 60 heavy (non-hydrogen) atoms. The van der Waals surface area contributed by atoms with Crippen molar-refractivity contribution in [3.05, 3.63) is 234 Å². The van der Waals surface area contributed by atoms with E-state index >= 15 is 0 Å². The fourth-order valence-electron chi connectivity index (χ4n) is 8.66. The molecule has 0 atom stereocenters. The minimum absolute atomic E-state index is 0.870. The van der Waals surface area contributed by atoms with Crippen LogP contribution in [0.25, 0.3) is 22.3 Å². The highest BCUT2D eigenvalue weighted by molar-refractivity contribution is 5.84. The van der Waals surface area contributed by atoms with Crippen molar-refractivity contribution >= 4 is 22.3 Å². The Kier molecular flexibility index (Phi) is 9.86. The molecule has 1 aliphatic heterocycles. The summed E-state index contributed by atoms with van der Waals surface area (Å²) in [4.78, 5) is 15.7. The normalized spacial score (nSPS) is 13.3. The van der Waals surface area contributed by atoms with Crippen LogP contribution in [0.4, 0.5) is 0 Å². The maximum absolute atomic E-state index is 3.94. The Hall–Kier alpha value is -6.60. The second kappa shape index (κ2) is 15.2. The highest BCUT2D eigenvalue weighted by Crippen LogP contribution is 2.29. The van der Waals surface area contributed by atoms with Gasteiger partial charge in [0, 0.05) is 77.6 Å². The van der Waals surface area contributed by atoms with Gasteiger partial charge >= 0.3 is 0 Å². The van der Waals surface area contributed by atoms with E-state index in [4.69, 9.17) is 0 Å². The molecule has 4 aromatic carbocycles. The third-order valence-electron chi connectivity index (χ3n) is 11.4. The molecule has 0 aliphatic carbocycles. The Balaban J connectivity index is 1.36. The van der Waals surface area contributed by atoms with Crippen LogP contribution in [0.1, 0.15) is 67.3 Å². The minimum atomic E-state index is 0.870. The number of aryl methyl sites for hydroxylation is 2. The predicted molar refractivity (Wildman–Crippen MR) is 247 cm³/mol.